The van der Waals surface area contributed by atoms with Crippen molar-refractivity contribution >= 4 is 22.9 Å². The average Bonchev–Trinajstić information content (AvgIpc) is 3.73. The second-order valence-corrected chi connectivity index (χ2v) is 15.3. The summed E-state index contributed by atoms with van der Waals surface area (Å²) in [5.41, 5.74) is 9.37. The van der Waals surface area contributed by atoms with Gasteiger partial charge in [-0.1, -0.05) is 60.1 Å². The van der Waals surface area contributed by atoms with Gasteiger partial charge in [-0.2, -0.15) is 0 Å². The molecule has 1 aromatic rings. The number of carboxylic acid groups (broad SMARTS) is 1. The number of fused-ring (bicyclic) bond motifs is 7. The summed E-state index contributed by atoms with van der Waals surface area (Å²) in [5.74, 6) is 3.09. The molecule has 0 amide bonds. The Morgan fingerprint density at radius 1 is 0.851 bits per heavy atom. The zero-order valence-corrected chi connectivity index (χ0v) is 31.3. The predicted molar refractivity (Wildman–Crippen MR) is 207 cm³/mol. The molecule has 8 atom stereocenters. The molecule has 0 radical (unpaired) electrons. The molecule has 0 spiro atoms. The van der Waals surface area contributed by atoms with Crippen molar-refractivity contribution in [2.75, 3.05) is 0 Å². The normalized spacial score (nSPS) is 34.6. The Bertz CT molecular complexity index is 1240. The molecule has 0 bridgehead atoms. The SMILES string of the molecule is C#C.C#C.C#C.C#C.C=CC.CC.CC1(C)C(c2ccc(C(=O)O)s2)=CC[C@@]2(C)C1CC[C@@]1(C)C3CC[C@@]4(N)CCCC4[C@H]3CCC12. The molecule has 1 aromatic heterocycles. The van der Waals surface area contributed by atoms with E-state index in [4.69, 9.17) is 5.73 Å². The van der Waals surface area contributed by atoms with Crippen LogP contribution in [0.15, 0.2) is 30.9 Å². The first-order valence-corrected chi connectivity index (χ1v) is 18.0. The summed E-state index contributed by atoms with van der Waals surface area (Å²) < 4.78 is 0. The maximum absolute atomic E-state index is 11.5. The number of carbonyl (C=O) groups is 1. The van der Waals surface area contributed by atoms with Gasteiger partial charge in [0, 0.05) is 10.4 Å². The summed E-state index contributed by atoms with van der Waals surface area (Å²) in [6, 6.07) is 3.83. The van der Waals surface area contributed by atoms with Crippen LogP contribution in [0.25, 0.3) is 5.57 Å². The molecular weight excluding hydrogens is 595 g/mol. The van der Waals surface area contributed by atoms with Crippen LogP contribution in [0.3, 0.4) is 0 Å². The molecule has 0 saturated heterocycles. The van der Waals surface area contributed by atoms with Crippen molar-refractivity contribution in [2.45, 2.75) is 118 Å². The number of nitrogens with two attached hydrogens (primary N) is 1. The summed E-state index contributed by atoms with van der Waals surface area (Å²) in [6.45, 7) is 19.4. The van der Waals surface area contributed by atoms with Crippen LogP contribution in [0.5, 0.6) is 0 Å². The standard InChI is InChI=1S/C30H43NO2S.C3H6.C2H6.4C2H2/c1-27(2)21(22-8-9-23(34-22)26(32)33)11-15-29(4)24(27)13-16-28(3)19-12-17-30(31)14-5-6-20(30)18(19)7-10-25(28)29;1-3-2;5*1-2/h8-9,11,18-20,24-25H,5-7,10,12-17,31H2,1-4H3,(H,32,33);3H,1H2,2H3;1-2H3;4*1-2H/t18-,19?,20?,24?,25?,28-,29-,30-;;;;;;/m0....../s1. The Labute approximate surface area is 293 Å². The predicted octanol–water partition coefficient (Wildman–Crippen LogP) is 10.8. The smallest absolute Gasteiger partial charge is 0.345 e. The number of rotatable bonds is 2. The fourth-order valence-electron chi connectivity index (χ4n) is 10.9. The van der Waals surface area contributed by atoms with Crippen LogP contribution in [-0.4, -0.2) is 16.6 Å². The summed E-state index contributed by atoms with van der Waals surface area (Å²) in [7, 11) is 0. The van der Waals surface area contributed by atoms with Crippen LogP contribution >= 0.6 is 11.3 Å². The van der Waals surface area contributed by atoms with Crippen LogP contribution < -0.4 is 5.73 Å². The van der Waals surface area contributed by atoms with Crippen molar-refractivity contribution in [2.24, 2.45) is 51.6 Å². The number of terminal acetylenes is 4. The molecule has 47 heavy (non-hydrogen) atoms. The maximum atomic E-state index is 11.5. The molecule has 3 nitrogen and oxygen atoms in total. The van der Waals surface area contributed by atoms with Gasteiger partial charge in [0.2, 0.25) is 0 Å². The number of hydrogen-bond donors (Lipinski definition) is 2. The van der Waals surface area contributed by atoms with Gasteiger partial charge in [0.25, 0.3) is 0 Å². The Kier molecular flexibility index (Phi) is 17.7. The minimum Gasteiger partial charge on any atom is -0.477 e. The monoisotopic (exact) mass is 657 g/mol. The number of carboxylic acids is 1. The van der Waals surface area contributed by atoms with Crippen LogP contribution in [-0.2, 0) is 0 Å². The van der Waals surface area contributed by atoms with Crippen LogP contribution in [0.1, 0.15) is 127 Å². The van der Waals surface area contributed by atoms with Crippen molar-refractivity contribution in [3.63, 3.8) is 0 Å². The van der Waals surface area contributed by atoms with Crippen LogP contribution in [0.4, 0.5) is 0 Å². The summed E-state index contributed by atoms with van der Waals surface area (Å²) in [5, 5.41) is 9.46. The van der Waals surface area contributed by atoms with Crippen molar-refractivity contribution < 1.29 is 9.90 Å². The van der Waals surface area contributed by atoms with Gasteiger partial charge in [0.05, 0.1) is 0 Å². The molecule has 0 aromatic carbocycles. The van der Waals surface area contributed by atoms with E-state index in [0.717, 1.165) is 35.0 Å². The van der Waals surface area contributed by atoms with E-state index in [0.29, 0.717) is 21.6 Å². The highest BCUT2D eigenvalue weighted by molar-refractivity contribution is 7.15. The first kappa shape index (κ1) is 43.9. The molecule has 6 rings (SSSR count). The fourth-order valence-corrected chi connectivity index (χ4v) is 11.9. The van der Waals surface area contributed by atoms with Gasteiger partial charge in [-0.25, -0.2) is 4.79 Å². The summed E-state index contributed by atoms with van der Waals surface area (Å²) in [6.07, 6.45) is 49.4. The van der Waals surface area contributed by atoms with Crippen LogP contribution in [0, 0.1) is 97.2 Å². The number of allylic oxidation sites excluding steroid dienone is 3. The second kappa shape index (κ2) is 19.0. The molecule has 258 valence electrons. The van der Waals surface area contributed by atoms with E-state index < -0.39 is 5.97 Å². The van der Waals surface area contributed by atoms with E-state index in [1.165, 1.54) is 74.7 Å². The molecule has 1 heterocycles. The number of thiophene rings is 1. The maximum Gasteiger partial charge on any atom is 0.345 e. The minimum atomic E-state index is -0.809. The van der Waals surface area contributed by atoms with Crippen molar-refractivity contribution in [3.05, 3.63) is 40.6 Å². The third kappa shape index (κ3) is 8.12. The lowest BCUT2D eigenvalue weighted by Crippen LogP contribution is -2.62. The van der Waals surface area contributed by atoms with E-state index in [1.54, 1.807) is 12.1 Å². The third-order valence-electron chi connectivity index (χ3n) is 12.2. The van der Waals surface area contributed by atoms with Crippen molar-refractivity contribution in [1.82, 2.24) is 0 Å². The Hall–Kier alpha value is -3.15. The second-order valence-electron chi connectivity index (χ2n) is 14.2. The van der Waals surface area contributed by atoms with Gasteiger partial charge >= 0.3 is 5.97 Å². The molecule has 4 heteroatoms. The molecule has 4 unspecified atom stereocenters. The summed E-state index contributed by atoms with van der Waals surface area (Å²) in [4.78, 5) is 13.1. The Morgan fingerprint density at radius 2 is 1.43 bits per heavy atom. The molecule has 5 aliphatic carbocycles. The Balaban J connectivity index is 0.00000145. The largest absolute Gasteiger partial charge is 0.477 e. The molecule has 0 aliphatic heterocycles. The zero-order chi connectivity index (χ0) is 36.8. The Morgan fingerprint density at radius 3 is 1.96 bits per heavy atom. The van der Waals surface area contributed by atoms with Crippen molar-refractivity contribution in [1.29, 1.82) is 0 Å². The van der Waals surface area contributed by atoms with E-state index in [1.807, 2.05) is 26.8 Å². The molecule has 5 aliphatic rings. The fraction of sp³-hybridized carbons (Fsp3) is 0.605. The van der Waals surface area contributed by atoms with Gasteiger partial charge in [0.15, 0.2) is 0 Å². The highest BCUT2D eigenvalue weighted by Crippen LogP contribution is 2.72. The van der Waals surface area contributed by atoms with E-state index in [-0.39, 0.29) is 11.0 Å². The molecular formula is C43H63NO2S. The minimum absolute atomic E-state index is 0.0657. The molecule has 3 N–H and O–H groups in total. The number of hydrogen-bond acceptors (Lipinski definition) is 3. The summed E-state index contributed by atoms with van der Waals surface area (Å²) >= 11 is 1.45. The number of aromatic carboxylic acids is 1. The van der Waals surface area contributed by atoms with Gasteiger partial charge < -0.3 is 10.8 Å². The van der Waals surface area contributed by atoms with Gasteiger partial charge in [-0.3, -0.25) is 0 Å². The first-order valence-electron chi connectivity index (χ1n) is 17.2. The molecule has 4 saturated carbocycles. The lowest BCUT2D eigenvalue weighted by atomic mass is 9.37. The van der Waals surface area contributed by atoms with Crippen molar-refractivity contribution in [3.8, 4) is 51.4 Å². The van der Waals surface area contributed by atoms with Gasteiger partial charge in [-0.05, 0) is 128 Å². The third-order valence-corrected chi connectivity index (χ3v) is 13.3. The highest BCUT2D eigenvalue weighted by Gasteiger charge is 2.65. The van der Waals surface area contributed by atoms with E-state index >= 15 is 0 Å². The topological polar surface area (TPSA) is 63.3 Å². The van der Waals surface area contributed by atoms with E-state index in [9.17, 15) is 9.90 Å². The van der Waals surface area contributed by atoms with Gasteiger partial charge in [0.1, 0.15) is 4.88 Å². The van der Waals surface area contributed by atoms with Gasteiger partial charge in [-0.15, -0.1) is 69.3 Å². The van der Waals surface area contributed by atoms with Crippen LogP contribution in [0.2, 0.25) is 0 Å². The molecule has 4 fully saturated rings. The lowest BCUT2D eigenvalue weighted by Gasteiger charge is -2.68. The zero-order valence-electron chi connectivity index (χ0n) is 30.4. The quantitative estimate of drug-likeness (QED) is 0.246. The lowest BCUT2D eigenvalue weighted by molar-refractivity contribution is -0.170. The highest BCUT2D eigenvalue weighted by atomic mass is 32.1. The average molecular weight is 658 g/mol. The van der Waals surface area contributed by atoms with E-state index in [2.05, 4.69) is 91.7 Å². The first-order chi connectivity index (χ1) is 22.4.